The van der Waals surface area contributed by atoms with Gasteiger partial charge < -0.3 is 9.67 Å². The summed E-state index contributed by atoms with van der Waals surface area (Å²) in [6.45, 7) is 4.51. The van der Waals surface area contributed by atoms with Gasteiger partial charge in [-0.25, -0.2) is 4.98 Å². The number of aromatic nitrogens is 2. The minimum Gasteiger partial charge on any atom is -0.389 e. The lowest BCUT2D eigenvalue weighted by molar-refractivity contribution is 0.199. The van der Waals surface area contributed by atoms with Gasteiger partial charge in [0.15, 0.2) is 5.69 Å². The van der Waals surface area contributed by atoms with Crippen molar-refractivity contribution in [3.05, 3.63) is 41.7 Å². The van der Waals surface area contributed by atoms with Gasteiger partial charge in [-0.1, -0.05) is 24.3 Å². The average molecular weight is 241 g/mol. The molecule has 4 nitrogen and oxygen atoms in total. The number of nitrogens with zero attached hydrogens (tertiary/aromatic N) is 3. The quantitative estimate of drug-likeness (QED) is 0.898. The van der Waals surface area contributed by atoms with E-state index in [-0.39, 0.29) is 0 Å². The summed E-state index contributed by atoms with van der Waals surface area (Å²) in [4.78, 5) is 4.28. The van der Waals surface area contributed by atoms with E-state index in [2.05, 4.69) is 4.98 Å². The fourth-order valence-electron chi connectivity index (χ4n) is 1.85. The number of imidazole rings is 1. The maximum Gasteiger partial charge on any atom is 0.159 e. The predicted molar refractivity (Wildman–Crippen MR) is 68.7 cm³/mol. The van der Waals surface area contributed by atoms with Gasteiger partial charge in [-0.2, -0.15) is 5.26 Å². The Labute approximate surface area is 106 Å². The molecular weight excluding hydrogens is 226 g/mol. The monoisotopic (exact) mass is 241 g/mol. The summed E-state index contributed by atoms with van der Waals surface area (Å²) in [5.41, 5.74) is 2.24. The van der Waals surface area contributed by atoms with Crippen molar-refractivity contribution < 1.29 is 5.11 Å². The third-order valence-corrected chi connectivity index (χ3v) is 2.88. The van der Waals surface area contributed by atoms with Crippen molar-refractivity contribution in [2.24, 2.45) is 0 Å². The first-order valence-corrected chi connectivity index (χ1v) is 5.91. The third-order valence-electron chi connectivity index (χ3n) is 2.88. The molecule has 1 aromatic heterocycles. The third kappa shape index (κ3) is 2.27. The first-order chi connectivity index (χ1) is 8.65. The molecule has 2 rings (SSSR count). The summed E-state index contributed by atoms with van der Waals surface area (Å²) < 4.78 is 1.94. The van der Waals surface area contributed by atoms with Gasteiger partial charge in [0.05, 0.1) is 6.10 Å². The molecule has 0 bridgehead atoms. The standard InChI is InChI=1S/C14H15N3O/c1-3-17-9-13(8-15)16-14(17)12-6-4-11(5-7-12)10(2)18/h4-7,9-10,18H,3H2,1-2H3. The Balaban J connectivity index is 2.42. The second-order valence-electron chi connectivity index (χ2n) is 4.15. The number of aliphatic hydroxyl groups excluding tert-OH is 1. The van der Waals surface area contributed by atoms with E-state index in [0.717, 1.165) is 23.5 Å². The van der Waals surface area contributed by atoms with E-state index in [1.807, 2.05) is 41.8 Å². The van der Waals surface area contributed by atoms with E-state index in [1.54, 1.807) is 13.1 Å². The lowest BCUT2D eigenvalue weighted by atomic mass is 10.1. The van der Waals surface area contributed by atoms with Gasteiger partial charge in [0.25, 0.3) is 0 Å². The lowest BCUT2D eigenvalue weighted by Crippen LogP contribution is -1.96. The highest BCUT2D eigenvalue weighted by Crippen LogP contribution is 2.21. The van der Waals surface area contributed by atoms with Crippen LogP contribution in [-0.4, -0.2) is 14.7 Å². The molecule has 0 fully saturated rings. The van der Waals surface area contributed by atoms with Crippen molar-refractivity contribution in [3.8, 4) is 17.5 Å². The summed E-state index contributed by atoms with van der Waals surface area (Å²) in [7, 11) is 0. The molecule has 4 heteroatoms. The molecule has 1 unspecified atom stereocenters. The highest BCUT2D eigenvalue weighted by molar-refractivity contribution is 5.57. The maximum atomic E-state index is 9.46. The van der Waals surface area contributed by atoms with Crippen LogP contribution in [0.1, 0.15) is 31.2 Å². The second-order valence-corrected chi connectivity index (χ2v) is 4.15. The van der Waals surface area contributed by atoms with Crippen molar-refractivity contribution in [1.29, 1.82) is 5.26 Å². The fourth-order valence-corrected chi connectivity index (χ4v) is 1.85. The fraction of sp³-hybridized carbons (Fsp3) is 0.286. The van der Waals surface area contributed by atoms with E-state index in [1.165, 1.54) is 0 Å². The molecular formula is C14H15N3O. The number of aryl methyl sites for hydroxylation is 1. The number of aliphatic hydroxyl groups is 1. The Kier molecular flexibility index (Phi) is 3.45. The summed E-state index contributed by atoms with van der Waals surface area (Å²) in [5, 5.41) is 18.3. The van der Waals surface area contributed by atoms with Crippen LogP contribution in [-0.2, 0) is 6.54 Å². The Morgan fingerprint density at radius 1 is 1.39 bits per heavy atom. The van der Waals surface area contributed by atoms with Crippen LogP contribution in [0.25, 0.3) is 11.4 Å². The number of nitriles is 1. The minimum atomic E-state index is -0.473. The zero-order valence-corrected chi connectivity index (χ0v) is 10.5. The van der Waals surface area contributed by atoms with Crippen LogP contribution in [0.15, 0.2) is 30.5 Å². The minimum absolute atomic E-state index is 0.423. The van der Waals surface area contributed by atoms with Gasteiger partial charge in [-0.05, 0) is 19.4 Å². The zero-order chi connectivity index (χ0) is 13.1. The number of benzene rings is 1. The van der Waals surface area contributed by atoms with E-state index in [0.29, 0.717) is 5.69 Å². The maximum absolute atomic E-state index is 9.46. The Bertz CT molecular complexity index is 576. The number of hydrogen-bond acceptors (Lipinski definition) is 3. The van der Waals surface area contributed by atoms with Crippen LogP contribution in [0.4, 0.5) is 0 Å². The summed E-state index contributed by atoms with van der Waals surface area (Å²) in [5.74, 6) is 0.784. The van der Waals surface area contributed by atoms with Gasteiger partial charge in [0.2, 0.25) is 0 Å². The van der Waals surface area contributed by atoms with Crippen LogP contribution in [0, 0.1) is 11.3 Å². The van der Waals surface area contributed by atoms with Crippen molar-refractivity contribution in [1.82, 2.24) is 9.55 Å². The topological polar surface area (TPSA) is 61.8 Å². The van der Waals surface area contributed by atoms with Crippen LogP contribution in [0.3, 0.4) is 0 Å². The molecule has 1 N–H and O–H groups in total. The molecule has 0 aliphatic rings. The summed E-state index contributed by atoms with van der Waals surface area (Å²) >= 11 is 0. The normalized spacial score (nSPS) is 12.1. The van der Waals surface area contributed by atoms with Crippen LogP contribution in [0.5, 0.6) is 0 Å². The van der Waals surface area contributed by atoms with Crippen molar-refractivity contribution in [3.63, 3.8) is 0 Å². The van der Waals surface area contributed by atoms with E-state index in [4.69, 9.17) is 5.26 Å². The first-order valence-electron chi connectivity index (χ1n) is 5.91. The van der Waals surface area contributed by atoms with E-state index < -0.39 is 6.10 Å². The smallest absolute Gasteiger partial charge is 0.159 e. The lowest BCUT2D eigenvalue weighted by Gasteiger charge is -2.07. The second kappa shape index (κ2) is 5.03. The molecule has 1 heterocycles. The van der Waals surface area contributed by atoms with Crippen molar-refractivity contribution in [2.75, 3.05) is 0 Å². The molecule has 18 heavy (non-hydrogen) atoms. The average Bonchev–Trinajstić information content (AvgIpc) is 2.82. The zero-order valence-electron chi connectivity index (χ0n) is 10.5. The summed E-state index contributed by atoms with van der Waals surface area (Å²) in [6.07, 6.45) is 1.28. The molecule has 0 radical (unpaired) electrons. The van der Waals surface area contributed by atoms with E-state index >= 15 is 0 Å². The molecule has 2 aromatic rings. The molecule has 1 aromatic carbocycles. The molecule has 0 aliphatic heterocycles. The Morgan fingerprint density at radius 3 is 2.56 bits per heavy atom. The molecule has 0 amide bonds. The number of hydrogen-bond donors (Lipinski definition) is 1. The highest BCUT2D eigenvalue weighted by Gasteiger charge is 2.09. The van der Waals surface area contributed by atoms with Crippen LogP contribution < -0.4 is 0 Å². The Morgan fingerprint density at radius 2 is 2.06 bits per heavy atom. The van der Waals surface area contributed by atoms with Crippen molar-refractivity contribution in [2.45, 2.75) is 26.5 Å². The Hall–Kier alpha value is -2.12. The van der Waals surface area contributed by atoms with Crippen LogP contribution in [0.2, 0.25) is 0 Å². The molecule has 0 saturated carbocycles. The van der Waals surface area contributed by atoms with E-state index in [9.17, 15) is 5.11 Å². The molecule has 0 spiro atoms. The molecule has 1 atom stereocenters. The van der Waals surface area contributed by atoms with Crippen molar-refractivity contribution >= 4 is 0 Å². The van der Waals surface area contributed by atoms with Gasteiger partial charge in [0, 0.05) is 18.3 Å². The highest BCUT2D eigenvalue weighted by atomic mass is 16.3. The SMILES string of the molecule is CCn1cc(C#N)nc1-c1ccc(C(C)O)cc1. The van der Waals surface area contributed by atoms with Gasteiger partial charge in [-0.3, -0.25) is 0 Å². The number of rotatable bonds is 3. The first kappa shape index (κ1) is 12.3. The molecule has 92 valence electrons. The van der Waals surface area contributed by atoms with Crippen LogP contribution >= 0.6 is 0 Å². The molecule has 0 saturated heterocycles. The van der Waals surface area contributed by atoms with Gasteiger partial charge >= 0.3 is 0 Å². The predicted octanol–water partition coefficient (Wildman–Crippen LogP) is 2.49. The van der Waals surface area contributed by atoms with Gasteiger partial charge in [0.1, 0.15) is 11.9 Å². The summed E-state index contributed by atoms with van der Waals surface area (Å²) in [6, 6.07) is 9.63. The van der Waals surface area contributed by atoms with Gasteiger partial charge in [-0.15, -0.1) is 0 Å². The molecule has 0 aliphatic carbocycles. The largest absolute Gasteiger partial charge is 0.389 e.